The Bertz CT molecular complexity index is 936. The normalized spacial score (nSPS) is 25.2. The fourth-order valence-corrected chi connectivity index (χ4v) is 5.52. The highest BCUT2D eigenvalue weighted by Gasteiger charge is 2.40. The molecule has 0 bridgehead atoms. The molecule has 2 heterocycles. The Balaban J connectivity index is 1.43. The first-order valence-electron chi connectivity index (χ1n) is 9.37. The third-order valence-corrected chi connectivity index (χ3v) is 6.79. The first-order valence-corrected chi connectivity index (χ1v) is 10.2. The van der Waals surface area contributed by atoms with E-state index in [0.29, 0.717) is 17.9 Å². The maximum atomic E-state index is 6.08. The first kappa shape index (κ1) is 16.4. The smallest absolute Gasteiger partial charge is 0.119 e. The molecule has 1 aliphatic carbocycles. The minimum atomic E-state index is 0.556. The maximum Gasteiger partial charge on any atom is 0.119 e. The van der Waals surface area contributed by atoms with Crippen molar-refractivity contribution < 1.29 is 4.74 Å². The minimum Gasteiger partial charge on any atom is -0.493 e. The van der Waals surface area contributed by atoms with E-state index >= 15 is 0 Å². The Morgan fingerprint density at radius 2 is 2.00 bits per heavy atom. The van der Waals surface area contributed by atoms with Crippen molar-refractivity contribution in [3.05, 3.63) is 64.3 Å². The number of benzene rings is 2. The number of piperidine rings is 1. The van der Waals surface area contributed by atoms with E-state index in [2.05, 4.69) is 51.1 Å². The van der Waals surface area contributed by atoms with Gasteiger partial charge in [-0.1, -0.05) is 30.3 Å². The largest absolute Gasteiger partial charge is 0.493 e. The van der Waals surface area contributed by atoms with Crippen LogP contribution in [-0.4, -0.2) is 36.1 Å². The molecule has 1 aliphatic heterocycles. The predicted molar refractivity (Wildman–Crippen MR) is 109 cm³/mol. The fourth-order valence-electron chi connectivity index (χ4n) is 4.95. The third-order valence-electron chi connectivity index (χ3n) is 6.11. The number of aromatic amines is 1. The molecule has 1 fully saturated rings. The summed E-state index contributed by atoms with van der Waals surface area (Å²) in [6, 6.07) is 17.5. The van der Waals surface area contributed by atoms with Gasteiger partial charge in [-0.05, 0) is 65.1 Å². The van der Waals surface area contributed by atoms with Gasteiger partial charge in [-0.15, -0.1) is 0 Å². The summed E-state index contributed by atoms with van der Waals surface area (Å²) in [6.07, 6.45) is 2.31. The van der Waals surface area contributed by atoms with E-state index in [1.54, 1.807) is 0 Å². The molecule has 1 saturated heterocycles. The number of nitrogens with zero attached hydrogens (tertiary/aromatic N) is 1. The highest BCUT2D eigenvalue weighted by Crippen LogP contribution is 2.46. The van der Waals surface area contributed by atoms with Gasteiger partial charge in [0.1, 0.15) is 5.75 Å². The molecule has 0 radical (unpaired) electrons. The van der Waals surface area contributed by atoms with Crippen LogP contribution in [0.1, 0.15) is 23.5 Å². The van der Waals surface area contributed by atoms with E-state index in [4.69, 9.17) is 4.74 Å². The first-order chi connectivity index (χ1) is 12.7. The van der Waals surface area contributed by atoms with Crippen LogP contribution >= 0.6 is 15.9 Å². The van der Waals surface area contributed by atoms with Crippen molar-refractivity contribution in [2.45, 2.75) is 24.8 Å². The van der Waals surface area contributed by atoms with Crippen molar-refractivity contribution in [3.8, 4) is 5.75 Å². The molecule has 1 N–H and O–H groups in total. The van der Waals surface area contributed by atoms with E-state index in [1.807, 2.05) is 30.3 Å². The summed E-state index contributed by atoms with van der Waals surface area (Å²) < 4.78 is 7.23. The van der Waals surface area contributed by atoms with Gasteiger partial charge in [-0.25, -0.2) is 0 Å². The SMILES string of the molecule is CN1CC(COc2ccccc2)C[C@@H]2c3cccc4[nH]c(Br)c(c34)C[C@H]21. The lowest BCUT2D eigenvalue weighted by Gasteiger charge is -2.45. The molecule has 1 aromatic heterocycles. The van der Waals surface area contributed by atoms with Crippen molar-refractivity contribution in [1.29, 1.82) is 0 Å². The van der Waals surface area contributed by atoms with Gasteiger partial charge in [0.25, 0.3) is 0 Å². The number of fused-ring (bicyclic) bond motifs is 2. The molecule has 26 heavy (non-hydrogen) atoms. The number of ether oxygens (including phenoxy) is 1. The standard InChI is InChI=1S/C22H23BrN2O/c1-25-12-14(13-26-15-6-3-2-4-7-15)10-17-16-8-5-9-19-21(16)18(11-20(17)25)22(23)24-19/h2-9,14,17,20,24H,10-13H2,1H3/t14?,17-,20-/m1/s1. The van der Waals surface area contributed by atoms with Crippen LogP contribution in [0.15, 0.2) is 53.1 Å². The highest BCUT2D eigenvalue weighted by molar-refractivity contribution is 9.10. The number of likely N-dealkylation sites (N-methyl/N-ethyl adjacent to an activating group) is 1. The molecule has 0 spiro atoms. The number of halogens is 1. The lowest BCUT2D eigenvalue weighted by atomic mass is 9.72. The molecular formula is C22H23BrN2O. The van der Waals surface area contributed by atoms with Crippen molar-refractivity contribution in [1.82, 2.24) is 9.88 Å². The Hall–Kier alpha value is -1.78. The number of nitrogens with one attached hydrogen (secondary N) is 1. The van der Waals surface area contributed by atoms with Gasteiger partial charge in [0.2, 0.25) is 0 Å². The average Bonchev–Trinajstić information content (AvgIpc) is 2.99. The Morgan fingerprint density at radius 3 is 2.85 bits per heavy atom. The predicted octanol–water partition coefficient (Wildman–Crippen LogP) is 4.97. The third kappa shape index (κ3) is 2.67. The zero-order valence-electron chi connectivity index (χ0n) is 14.9. The molecule has 134 valence electrons. The number of aromatic nitrogens is 1. The lowest BCUT2D eigenvalue weighted by Crippen LogP contribution is -2.49. The average molecular weight is 411 g/mol. The molecule has 1 unspecified atom stereocenters. The zero-order chi connectivity index (χ0) is 17.7. The second-order valence-electron chi connectivity index (χ2n) is 7.73. The van der Waals surface area contributed by atoms with Gasteiger partial charge in [0.15, 0.2) is 0 Å². The van der Waals surface area contributed by atoms with Gasteiger partial charge in [0.05, 0.1) is 11.2 Å². The van der Waals surface area contributed by atoms with E-state index in [0.717, 1.165) is 29.9 Å². The summed E-state index contributed by atoms with van der Waals surface area (Å²) in [5.74, 6) is 2.11. The summed E-state index contributed by atoms with van der Waals surface area (Å²) in [5, 5.41) is 1.44. The molecule has 0 saturated carbocycles. The number of hydrogen-bond acceptors (Lipinski definition) is 2. The number of rotatable bonds is 3. The summed E-state index contributed by atoms with van der Waals surface area (Å²) in [5.41, 5.74) is 4.21. The van der Waals surface area contributed by atoms with Gasteiger partial charge >= 0.3 is 0 Å². The Labute approximate surface area is 162 Å². The molecule has 3 atom stereocenters. The molecule has 4 heteroatoms. The van der Waals surface area contributed by atoms with E-state index in [-0.39, 0.29) is 0 Å². The molecule has 2 aliphatic rings. The van der Waals surface area contributed by atoms with Crippen LogP contribution in [0, 0.1) is 5.92 Å². The van der Waals surface area contributed by atoms with Gasteiger partial charge in [0, 0.05) is 35.3 Å². The quantitative estimate of drug-likeness (QED) is 0.659. The van der Waals surface area contributed by atoms with Crippen molar-refractivity contribution in [2.24, 2.45) is 5.92 Å². The second kappa shape index (κ2) is 6.43. The van der Waals surface area contributed by atoms with Crippen LogP contribution in [0.25, 0.3) is 10.9 Å². The number of H-pyrrole nitrogens is 1. The number of likely N-dealkylation sites (tertiary alicyclic amines) is 1. The van der Waals surface area contributed by atoms with Crippen LogP contribution in [-0.2, 0) is 6.42 Å². The molecule has 5 rings (SSSR count). The molecular weight excluding hydrogens is 388 g/mol. The fraction of sp³-hybridized carbons (Fsp3) is 0.364. The molecule has 3 aromatic rings. The second-order valence-corrected chi connectivity index (χ2v) is 8.52. The van der Waals surface area contributed by atoms with E-state index < -0.39 is 0 Å². The molecule has 0 amide bonds. The van der Waals surface area contributed by atoms with E-state index in [1.165, 1.54) is 28.5 Å². The van der Waals surface area contributed by atoms with Crippen molar-refractivity contribution in [3.63, 3.8) is 0 Å². The van der Waals surface area contributed by atoms with E-state index in [9.17, 15) is 0 Å². The highest BCUT2D eigenvalue weighted by atomic mass is 79.9. The molecule has 2 aromatic carbocycles. The summed E-state index contributed by atoms with van der Waals surface area (Å²) >= 11 is 3.74. The lowest BCUT2D eigenvalue weighted by molar-refractivity contribution is 0.0836. The number of hydrogen-bond donors (Lipinski definition) is 1. The van der Waals surface area contributed by atoms with Crippen LogP contribution in [0.2, 0.25) is 0 Å². The van der Waals surface area contributed by atoms with Crippen LogP contribution in [0.4, 0.5) is 0 Å². The van der Waals surface area contributed by atoms with Crippen LogP contribution in [0.3, 0.4) is 0 Å². The topological polar surface area (TPSA) is 28.3 Å². The summed E-state index contributed by atoms with van der Waals surface area (Å²) in [6.45, 7) is 1.89. The van der Waals surface area contributed by atoms with Crippen LogP contribution < -0.4 is 4.74 Å². The monoisotopic (exact) mass is 410 g/mol. The zero-order valence-corrected chi connectivity index (χ0v) is 16.5. The molecule has 3 nitrogen and oxygen atoms in total. The van der Waals surface area contributed by atoms with Crippen molar-refractivity contribution >= 4 is 26.8 Å². The van der Waals surface area contributed by atoms with Gasteiger partial charge < -0.3 is 14.6 Å². The summed E-state index contributed by atoms with van der Waals surface area (Å²) in [4.78, 5) is 6.06. The van der Waals surface area contributed by atoms with Crippen LogP contribution in [0.5, 0.6) is 5.75 Å². The Kier molecular flexibility index (Phi) is 4.06. The Morgan fingerprint density at radius 1 is 1.15 bits per heavy atom. The minimum absolute atomic E-state index is 0.556. The maximum absolute atomic E-state index is 6.08. The van der Waals surface area contributed by atoms with Gasteiger partial charge in [-0.2, -0.15) is 0 Å². The number of para-hydroxylation sites is 1. The van der Waals surface area contributed by atoms with Gasteiger partial charge in [-0.3, -0.25) is 0 Å². The van der Waals surface area contributed by atoms with Crippen molar-refractivity contribution in [2.75, 3.05) is 20.2 Å². The summed E-state index contributed by atoms with van der Waals surface area (Å²) in [7, 11) is 2.28.